The van der Waals surface area contributed by atoms with Crippen LogP contribution < -0.4 is 5.32 Å². The van der Waals surface area contributed by atoms with Gasteiger partial charge in [-0.2, -0.15) is 0 Å². The Bertz CT molecular complexity index is 629. The fraction of sp³-hybridized carbons (Fsp3) is 0.200. The van der Waals surface area contributed by atoms with Crippen molar-refractivity contribution in [2.75, 3.05) is 12.4 Å². The van der Waals surface area contributed by atoms with Crippen molar-refractivity contribution in [3.63, 3.8) is 0 Å². The zero-order chi connectivity index (χ0) is 14.5. The molecule has 1 N–H and O–H groups in total. The van der Waals surface area contributed by atoms with E-state index in [1.165, 1.54) is 7.11 Å². The van der Waals surface area contributed by atoms with Gasteiger partial charge in [0.1, 0.15) is 0 Å². The van der Waals surface area contributed by atoms with E-state index >= 15 is 0 Å². The number of benzene rings is 1. The highest BCUT2D eigenvalue weighted by atomic mass is 79.9. The number of methoxy groups -OCH3 is 1. The van der Waals surface area contributed by atoms with E-state index < -0.39 is 0 Å². The van der Waals surface area contributed by atoms with Gasteiger partial charge in [-0.05, 0) is 46.6 Å². The maximum atomic E-state index is 11.8. The van der Waals surface area contributed by atoms with Crippen molar-refractivity contribution < 1.29 is 9.53 Å². The maximum Gasteiger partial charge on any atom is 0.339 e. The van der Waals surface area contributed by atoms with Crippen molar-refractivity contribution in [1.29, 1.82) is 0 Å². The average Bonchev–Trinajstić information content (AvgIpc) is 2.45. The number of carbonyl (C=O) groups excluding carboxylic acids is 1. The van der Waals surface area contributed by atoms with Crippen molar-refractivity contribution in [2.24, 2.45) is 0 Å². The lowest BCUT2D eigenvalue weighted by Gasteiger charge is -2.11. The smallest absolute Gasteiger partial charge is 0.339 e. The Morgan fingerprint density at radius 1 is 1.35 bits per heavy atom. The van der Waals surface area contributed by atoms with Gasteiger partial charge in [-0.15, -0.1) is 0 Å². The predicted octanol–water partition coefficient (Wildman–Crippen LogP) is 3.55. The van der Waals surface area contributed by atoms with Gasteiger partial charge in [0.05, 0.1) is 12.7 Å². The molecule has 0 fully saturated rings. The number of anilines is 1. The zero-order valence-corrected chi connectivity index (χ0v) is 12.9. The molecule has 4 nitrogen and oxygen atoms in total. The molecule has 1 aromatic carbocycles. The van der Waals surface area contributed by atoms with E-state index in [2.05, 4.69) is 26.2 Å². The predicted molar refractivity (Wildman–Crippen MR) is 81.8 cm³/mol. The summed E-state index contributed by atoms with van der Waals surface area (Å²) in [6.45, 7) is 2.52. The van der Waals surface area contributed by atoms with Crippen molar-refractivity contribution in [3.05, 3.63) is 57.8 Å². The number of aromatic nitrogens is 1. The number of esters is 1. The van der Waals surface area contributed by atoms with Crippen molar-refractivity contribution in [1.82, 2.24) is 4.98 Å². The molecule has 0 aliphatic carbocycles. The zero-order valence-electron chi connectivity index (χ0n) is 11.3. The van der Waals surface area contributed by atoms with Crippen LogP contribution in [0.2, 0.25) is 0 Å². The molecule has 2 rings (SSSR count). The summed E-state index contributed by atoms with van der Waals surface area (Å²) in [7, 11) is 1.38. The molecular weight excluding hydrogens is 320 g/mol. The average molecular weight is 335 g/mol. The minimum atomic E-state index is -0.344. The first-order chi connectivity index (χ1) is 9.60. The first kappa shape index (κ1) is 14.5. The van der Waals surface area contributed by atoms with Crippen LogP contribution in [0.15, 0.2) is 41.1 Å². The second-order valence-electron chi connectivity index (χ2n) is 4.41. The van der Waals surface area contributed by atoms with Crippen molar-refractivity contribution in [3.8, 4) is 0 Å². The number of pyridine rings is 1. The Hall–Kier alpha value is -1.88. The van der Waals surface area contributed by atoms with Crippen molar-refractivity contribution in [2.45, 2.75) is 13.5 Å². The summed E-state index contributed by atoms with van der Waals surface area (Å²) in [6, 6.07) is 7.63. The number of hydrogen-bond acceptors (Lipinski definition) is 4. The molecule has 0 radical (unpaired) electrons. The molecule has 0 aliphatic rings. The number of halogens is 1. The Morgan fingerprint density at radius 3 is 2.85 bits per heavy atom. The molecule has 5 heteroatoms. The fourth-order valence-electron chi connectivity index (χ4n) is 1.84. The third kappa shape index (κ3) is 3.57. The minimum absolute atomic E-state index is 0.344. The highest BCUT2D eigenvalue weighted by molar-refractivity contribution is 9.10. The molecule has 1 heterocycles. The number of rotatable bonds is 4. The van der Waals surface area contributed by atoms with Crippen LogP contribution >= 0.6 is 15.9 Å². The molecule has 104 valence electrons. The Morgan fingerprint density at radius 2 is 2.15 bits per heavy atom. The van der Waals surface area contributed by atoms with E-state index in [9.17, 15) is 4.79 Å². The second-order valence-corrected chi connectivity index (χ2v) is 5.32. The third-order valence-corrected chi connectivity index (χ3v) is 3.26. The van der Waals surface area contributed by atoms with Gasteiger partial charge < -0.3 is 10.1 Å². The van der Waals surface area contributed by atoms with E-state index in [-0.39, 0.29) is 5.97 Å². The molecule has 0 saturated carbocycles. The van der Waals surface area contributed by atoms with Crippen LogP contribution in [-0.2, 0) is 11.3 Å². The molecule has 0 bridgehead atoms. The standard InChI is InChI=1S/C15H15BrN2O2/c1-10-3-4-14(13(5-10)15(19)20-2)18-8-11-6-12(16)9-17-7-11/h3-7,9,18H,8H2,1-2H3. The molecule has 1 aromatic heterocycles. The van der Waals surface area contributed by atoms with E-state index in [1.807, 2.05) is 31.2 Å². The van der Waals surface area contributed by atoms with E-state index in [0.717, 1.165) is 21.3 Å². The van der Waals surface area contributed by atoms with Gasteiger partial charge in [0.15, 0.2) is 0 Å². The van der Waals surface area contributed by atoms with Crippen LogP contribution in [0.3, 0.4) is 0 Å². The summed E-state index contributed by atoms with van der Waals surface area (Å²) in [5.41, 5.74) is 3.33. The second kappa shape index (κ2) is 6.52. The molecule has 0 amide bonds. The molecule has 0 spiro atoms. The number of aryl methyl sites for hydroxylation is 1. The van der Waals surface area contributed by atoms with Crippen molar-refractivity contribution >= 4 is 27.6 Å². The SMILES string of the molecule is COC(=O)c1cc(C)ccc1NCc1cncc(Br)c1. The topological polar surface area (TPSA) is 51.2 Å². The van der Waals surface area contributed by atoms with Gasteiger partial charge in [0, 0.05) is 29.1 Å². The number of nitrogens with zero attached hydrogens (tertiary/aromatic N) is 1. The molecule has 0 aliphatic heterocycles. The summed E-state index contributed by atoms with van der Waals surface area (Å²) in [5, 5.41) is 3.24. The molecule has 0 atom stereocenters. The van der Waals surface area contributed by atoms with E-state index in [4.69, 9.17) is 4.74 Å². The number of carbonyl (C=O) groups is 1. The first-order valence-corrected chi connectivity index (χ1v) is 6.91. The largest absolute Gasteiger partial charge is 0.465 e. The summed E-state index contributed by atoms with van der Waals surface area (Å²) in [6.07, 6.45) is 3.51. The lowest BCUT2D eigenvalue weighted by atomic mass is 10.1. The summed E-state index contributed by atoms with van der Waals surface area (Å²) >= 11 is 3.38. The molecular formula is C15H15BrN2O2. The minimum Gasteiger partial charge on any atom is -0.465 e. The van der Waals surface area contributed by atoms with Gasteiger partial charge in [0.2, 0.25) is 0 Å². The van der Waals surface area contributed by atoms with Crippen LogP contribution in [-0.4, -0.2) is 18.1 Å². The van der Waals surface area contributed by atoms with E-state index in [0.29, 0.717) is 12.1 Å². The Kier molecular flexibility index (Phi) is 4.74. The number of nitrogens with one attached hydrogen (secondary N) is 1. The molecule has 0 unspecified atom stereocenters. The highest BCUT2D eigenvalue weighted by Crippen LogP contribution is 2.19. The van der Waals surface area contributed by atoms with Gasteiger partial charge in [-0.25, -0.2) is 4.79 Å². The van der Waals surface area contributed by atoms with Gasteiger partial charge in [0.25, 0.3) is 0 Å². The fourth-order valence-corrected chi connectivity index (χ4v) is 2.25. The molecule has 0 saturated heterocycles. The van der Waals surface area contributed by atoms with Gasteiger partial charge in [-0.1, -0.05) is 11.6 Å². The quantitative estimate of drug-likeness (QED) is 0.868. The van der Waals surface area contributed by atoms with E-state index in [1.54, 1.807) is 12.4 Å². The Balaban J connectivity index is 2.19. The third-order valence-electron chi connectivity index (χ3n) is 2.82. The highest BCUT2D eigenvalue weighted by Gasteiger charge is 2.11. The van der Waals surface area contributed by atoms with Crippen LogP contribution in [0.5, 0.6) is 0 Å². The van der Waals surface area contributed by atoms with Crippen LogP contribution in [0, 0.1) is 6.92 Å². The van der Waals surface area contributed by atoms with Gasteiger partial charge >= 0.3 is 5.97 Å². The lowest BCUT2D eigenvalue weighted by molar-refractivity contribution is 0.0601. The number of hydrogen-bond donors (Lipinski definition) is 1. The normalized spacial score (nSPS) is 10.2. The van der Waals surface area contributed by atoms with Crippen LogP contribution in [0.4, 0.5) is 5.69 Å². The van der Waals surface area contributed by atoms with Crippen LogP contribution in [0.1, 0.15) is 21.5 Å². The molecule has 20 heavy (non-hydrogen) atoms. The summed E-state index contributed by atoms with van der Waals surface area (Å²) in [5.74, 6) is -0.344. The summed E-state index contributed by atoms with van der Waals surface area (Å²) < 4.78 is 5.73. The van der Waals surface area contributed by atoms with Gasteiger partial charge in [-0.3, -0.25) is 4.98 Å². The monoisotopic (exact) mass is 334 g/mol. The Labute approximate surface area is 126 Å². The lowest BCUT2D eigenvalue weighted by Crippen LogP contribution is -2.08. The first-order valence-electron chi connectivity index (χ1n) is 6.12. The summed E-state index contributed by atoms with van der Waals surface area (Å²) in [4.78, 5) is 15.9. The van der Waals surface area contributed by atoms with Crippen LogP contribution in [0.25, 0.3) is 0 Å². The molecule has 2 aromatic rings. The number of ether oxygens (including phenoxy) is 1. The maximum absolute atomic E-state index is 11.8.